The molecule has 4 fully saturated rings. The summed E-state index contributed by atoms with van der Waals surface area (Å²) in [5.41, 5.74) is -0.674. The van der Waals surface area contributed by atoms with Crippen LogP contribution in [-0.2, 0) is 9.59 Å². The molecule has 170 valence electrons. The molecule has 4 aliphatic rings. The molecule has 0 heterocycles. The first-order chi connectivity index (χ1) is 14.0. The minimum atomic E-state index is -0.888. The van der Waals surface area contributed by atoms with E-state index in [1.807, 2.05) is 6.92 Å². The fraction of sp³-hybridized carbons (Fsp3) is 0.926. The van der Waals surface area contributed by atoms with Gasteiger partial charge in [-0.2, -0.15) is 0 Å². The Kier molecular flexibility index (Phi) is 5.78. The molecule has 4 aliphatic carbocycles. The fourth-order valence-electron chi connectivity index (χ4n) is 8.91. The van der Waals surface area contributed by atoms with Crippen molar-refractivity contribution in [2.75, 3.05) is 0 Å². The normalized spacial score (nSPS) is 45.6. The number of carbonyl (C=O) groups is 2. The van der Waals surface area contributed by atoms with E-state index < -0.39 is 5.60 Å². The third-order valence-corrected chi connectivity index (χ3v) is 10.4. The summed E-state index contributed by atoms with van der Waals surface area (Å²) in [4.78, 5) is 25.5. The van der Waals surface area contributed by atoms with Gasteiger partial charge in [-0.3, -0.25) is 9.59 Å². The van der Waals surface area contributed by atoms with Crippen LogP contribution in [0.1, 0.15) is 105 Å². The molecule has 0 aromatic heterocycles. The Morgan fingerprint density at radius 3 is 2.47 bits per heavy atom. The van der Waals surface area contributed by atoms with E-state index in [0.717, 1.165) is 51.4 Å². The molecular formula is C27H44O3. The van der Waals surface area contributed by atoms with Crippen LogP contribution in [0.4, 0.5) is 0 Å². The van der Waals surface area contributed by atoms with Gasteiger partial charge in [0.15, 0.2) is 0 Å². The molecule has 30 heavy (non-hydrogen) atoms. The van der Waals surface area contributed by atoms with Crippen molar-refractivity contribution < 1.29 is 14.7 Å². The maximum absolute atomic E-state index is 13.4. The molecule has 8 unspecified atom stereocenters. The minimum Gasteiger partial charge on any atom is -0.389 e. The monoisotopic (exact) mass is 416 g/mol. The number of hydrogen-bond donors (Lipinski definition) is 1. The summed E-state index contributed by atoms with van der Waals surface area (Å²) < 4.78 is 0. The third kappa shape index (κ3) is 3.51. The molecule has 0 bridgehead atoms. The lowest BCUT2D eigenvalue weighted by molar-refractivity contribution is -0.151. The van der Waals surface area contributed by atoms with Crippen molar-refractivity contribution >= 4 is 11.6 Å². The van der Waals surface area contributed by atoms with Crippen LogP contribution in [-0.4, -0.2) is 22.3 Å². The molecule has 3 nitrogen and oxygen atoms in total. The summed E-state index contributed by atoms with van der Waals surface area (Å²) in [5.74, 6) is 3.43. The Labute approximate surface area is 183 Å². The summed E-state index contributed by atoms with van der Waals surface area (Å²) in [6.45, 7) is 11.2. The van der Waals surface area contributed by atoms with E-state index in [1.54, 1.807) is 0 Å². The van der Waals surface area contributed by atoms with Gasteiger partial charge in [-0.05, 0) is 85.9 Å². The standard InChI is InChI=1S/C27H44O3/c1-17(2)7-6-12-27(5,30)24-23(29)16-22-20-9-8-18-15-19(28)10-13-25(18,3)21(20)11-14-26(22,24)4/h17-18,20-22,24,30H,6-16H2,1-5H3. The van der Waals surface area contributed by atoms with Crippen molar-refractivity contribution in [2.45, 2.75) is 111 Å². The molecule has 8 atom stereocenters. The van der Waals surface area contributed by atoms with E-state index in [4.69, 9.17) is 0 Å². The van der Waals surface area contributed by atoms with Gasteiger partial charge in [-0.15, -0.1) is 0 Å². The molecule has 4 rings (SSSR count). The SMILES string of the molecule is CC(C)CCCC(C)(O)C1C(=O)CC2C3CCC4CC(=O)CCC4(C)C3CCC21C. The Bertz CT molecular complexity index is 694. The molecular weight excluding hydrogens is 372 g/mol. The third-order valence-electron chi connectivity index (χ3n) is 10.4. The predicted molar refractivity (Wildman–Crippen MR) is 120 cm³/mol. The average Bonchev–Trinajstić information content (AvgIpc) is 2.92. The molecule has 0 aromatic rings. The van der Waals surface area contributed by atoms with Crippen LogP contribution in [0.25, 0.3) is 0 Å². The summed E-state index contributed by atoms with van der Waals surface area (Å²) in [6, 6.07) is 0. The van der Waals surface area contributed by atoms with E-state index >= 15 is 0 Å². The Balaban J connectivity index is 1.56. The van der Waals surface area contributed by atoms with E-state index in [9.17, 15) is 14.7 Å². The highest BCUT2D eigenvalue weighted by Crippen LogP contribution is 2.67. The second-order valence-electron chi connectivity index (χ2n) is 12.7. The first-order valence-corrected chi connectivity index (χ1v) is 12.8. The van der Waals surface area contributed by atoms with Crippen LogP contribution < -0.4 is 0 Å². The molecule has 4 saturated carbocycles. The van der Waals surface area contributed by atoms with E-state index in [-0.39, 0.29) is 16.7 Å². The van der Waals surface area contributed by atoms with Gasteiger partial charge in [0.1, 0.15) is 11.6 Å². The lowest BCUT2D eigenvalue weighted by atomic mass is 9.44. The summed E-state index contributed by atoms with van der Waals surface area (Å²) in [6.07, 6.45) is 10.7. The van der Waals surface area contributed by atoms with Crippen LogP contribution >= 0.6 is 0 Å². The summed E-state index contributed by atoms with van der Waals surface area (Å²) >= 11 is 0. The second kappa shape index (κ2) is 7.71. The molecule has 0 radical (unpaired) electrons. The number of hydrogen-bond acceptors (Lipinski definition) is 3. The van der Waals surface area contributed by atoms with Crippen LogP contribution in [0.5, 0.6) is 0 Å². The van der Waals surface area contributed by atoms with Gasteiger partial charge in [-0.25, -0.2) is 0 Å². The van der Waals surface area contributed by atoms with Crippen molar-refractivity contribution in [1.82, 2.24) is 0 Å². The molecule has 0 amide bonds. The van der Waals surface area contributed by atoms with Crippen molar-refractivity contribution in [2.24, 2.45) is 46.3 Å². The zero-order valence-corrected chi connectivity index (χ0v) is 20.0. The van der Waals surface area contributed by atoms with Crippen LogP contribution in [0, 0.1) is 46.3 Å². The highest BCUT2D eigenvalue weighted by atomic mass is 16.3. The number of aliphatic hydroxyl groups is 1. The number of ketones is 2. The van der Waals surface area contributed by atoms with Gasteiger partial charge >= 0.3 is 0 Å². The molecule has 0 spiro atoms. The Hall–Kier alpha value is -0.700. The summed E-state index contributed by atoms with van der Waals surface area (Å²) in [5, 5.41) is 11.5. The van der Waals surface area contributed by atoms with E-state index in [0.29, 0.717) is 47.6 Å². The molecule has 0 saturated heterocycles. The number of rotatable bonds is 5. The quantitative estimate of drug-likeness (QED) is 0.600. The average molecular weight is 417 g/mol. The highest BCUT2D eigenvalue weighted by molar-refractivity contribution is 5.86. The lowest BCUT2D eigenvalue weighted by Gasteiger charge is -2.60. The topological polar surface area (TPSA) is 54.4 Å². The van der Waals surface area contributed by atoms with Crippen molar-refractivity contribution in [3.63, 3.8) is 0 Å². The molecule has 0 aromatic carbocycles. The fourth-order valence-corrected chi connectivity index (χ4v) is 8.91. The van der Waals surface area contributed by atoms with E-state index in [1.165, 1.54) is 12.8 Å². The number of Topliss-reactive ketones (excluding diaryl/α,β-unsaturated/α-hetero) is 2. The summed E-state index contributed by atoms with van der Waals surface area (Å²) in [7, 11) is 0. The van der Waals surface area contributed by atoms with E-state index in [2.05, 4.69) is 27.7 Å². The zero-order valence-electron chi connectivity index (χ0n) is 20.0. The molecule has 0 aliphatic heterocycles. The number of fused-ring (bicyclic) bond motifs is 5. The first kappa shape index (κ1) is 22.5. The first-order valence-electron chi connectivity index (χ1n) is 12.8. The lowest BCUT2D eigenvalue weighted by Crippen LogP contribution is -2.55. The van der Waals surface area contributed by atoms with Crippen LogP contribution in [0.15, 0.2) is 0 Å². The Morgan fingerprint density at radius 1 is 1.03 bits per heavy atom. The van der Waals surface area contributed by atoms with Gasteiger partial charge in [0.2, 0.25) is 0 Å². The van der Waals surface area contributed by atoms with Gasteiger partial charge in [0.25, 0.3) is 0 Å². The van der Waals surface area contributed by atoms with Gasteiger partial charge in [0, 0.05) is 19.3 Å². The smallest absolute Gasteiger partial charge is 0.139 e. The predicted octanol–water partition coefficient (Wildman–Crippen LogP) is 5.97. The van der Waals surface area contributed by atoms with Gasteiger partial charge in [0.05, 0.1) is 11.5 Å². The maximum Gasteiger partial charge on any atom is 0.139 e. The van der Waals surface area contributed by atoms with Crippen molar-refractivity contribution in [3.8, 4) is 0 Å². The van der Waals surface area contributed by atoms with Crippen molar-refractivity contribution in [3.05, 3.63) is 0 Å². The van der Waals surface area contributed by atoms with Crippen LogP contribution in [0.3, 0.4) is 0 Å². The van der Waals surface area contributed by atoms with Crippen molar-refractivity contribution in [1.29, 1.82) is 0 Å². The largest absolute Gasteiger partial charge is 0.389 e. The second-order valence-corrected chi connectivity index (χ2v) is 12.7. The Morgan fingerprint density at radius 2 is 1.77 bits per heavy atom. The zero-order chi connectivity index (χ0) is 21.9. The maximum atomic E-state index is 13.4. The minimum absolute atomic E-state index is 0.0622. The van der Waals surface area contributed by atoms with Gasteiger partial charge < -0.3 is 5.11 Å². The number of carbonyl (C=O) groups excluding carboxylic acids is 2. The van der Waals surface area contributed by atoms with Crippen LogP contribution in [0.2, 0.25) is 0 Å². The van der Waals surface area contributed by atoms with Gasteiger partial charge in [-0.1, -0.05) is 40.5 Å². The highest BCUT2D eigenvalue weighted by Gasteiger charge is 2.65. The molecule has 1 N–H and O–H groups in total. The molecule has 3 heteroatoms.